The number of nitrogens with two attached hydrogens (primary N) is 1. The average Bonchev–Trinajstić information content (AvgIpc) is 2.89. The highest BCUT2D eigenvalue weighted by Crippen LogP contribution is 2.41. The van der Waals surface area contributed by atoms with Crippen molar-refractivity contribution in [1.29, 1.82) is 0 Å². The van der Waals surface area contributed by atoms with Gasteiger partial charge in [-0.15, -0.1) is 0 Å². The van der Waals surface area contributed by atoms with Crippen molar-refractivity contribution in [3.05, 3.63) is 29.8 Å². The minimum absolute atomic E-state index is 0.140. The van der Waals surface area contributed by atoms with Gasteiger partial charge in [-0.1, -0.05) is 31.9 Å². The molecule has 0 aliphatic heterocycles. The van der Waals surface area contributed by atoms with Crippen molar-refractivity contribution in [2.24, 2.45) is 11.1 Å². The van der Waals surface area contributed by atoms with Gasteiger partial charge in [-0.05, 0) is 37.0 Å². The molecule has 0 radical (unpaired) electrons. The Labute approximate surface area is 109 Å². The van der Waals surface area contributed by atoms with Crippen LogP contribution in [0.25, 0.3) is 0 Å². The zero-order chi connectivity index (χ0) is 13.0. The van der Waals surface area contributed by atoms with Crippen LogP contribution in [0.5, 0.6) is 0 Å². The molecule has 0 atom stereocenters. The molecular formula is C15H22N2O. The number of carbonyl (C=O) groups excluding carboxylic acids is 1. The van der Waals surface area contributed by atoms with Crippen molar-refractivity contribution in [2.75, 3.05) is 5.32 Å². The summed E-state index contributed by atoms with van der Waals surface area (Å²) >= 11 is 0. The normalized spacial score (nSPS) is 17.7. The number of hydrogen-bond acceptors (Lipinski definition) is 2. The summed E-state index contributed by atoms with van der Waals surface area (Å²) in [6, 6.07) is 7.79. The second-order valence-corrected chi connectivity index (χ2v) is 5.20. The topological polar surface area (TPSA) is 55.1 Å². The van der Waals surface area contributed by atoms with Crippen molar-refractivity contribution in [2.45, 2.75) is 45.6 Å². The Hall–Kier alpha value is -1.35. The molecule has 1 fully saturated rings. The van der Waals surface area contributed by atoms with Crippen LogP contribution >= 0.6 is 0 Å². The van der Waals surface area contributed by atoms with E-state index in [9.17, 15) is 4.79 Å². The van der Waals surface area contributed by atoms with Gasteiger partial charge in [0.05, 0.1) is 0 Å². The Bertz CT molecular complexity index is 422. The predicted molar refractivity (Wildman–Crippen MR) is 74.2 cm³/mol. The molecule has 1 aliphatic rings. The number of amides is 1. The zero-order valence-electron chi connectivity index (χ0n) is 11.0. The third-order valence-corrected chi connectivity index (χ3v) is 4.14. The summed E-state index contributed by atoms with van der Waals surface area (Å²) in [5.41, 5.74) is 7.38. The molecule has 0 heterocycles. The van der Waals surface area contributed by atoms with Crippen LogP contribution in [0, 0.1) is 5.41 Å². The Kier molecular flexibility index (Phi) is 4.02. The van der Waals surface area contributed by atoms with Gasteiger partial charge < -0.3 is 11.1 Å². The van der Waals surface area contributed by atoms with Gasteiger partial charge in [0.1, 0.15) is 0 Å². The van der Waals surface area contributed by atoms with E-state index in [0.717, 1.165) is 30.5 Å². The molecule has 98 valence electrons. The fraction of sp³-hybridized carbons (Fsp3) is 0.533. The number of anilines is 1. The molecule has 0 aromatic heterocycles. The van der Waals surface area contributed by atoms with Crippen molar-refractivity contribution >= 4 is 11.6 Å². The molecule has 3 N–H and O–H groups in total. The maximum absolute atomic E-state index is 12.4. The molecule has 3 heteroatoms. The van der Waals surface area contributed by atoms with Crippen LogP contribution in [-0.4, -0.2) is 5.91 Å². The van der Waals surface area contributed by atoms with E-state index in [1.165, 1.54) is 12.8 Å². The number of benzene rings is 1. The highest BCUT2D eigenvalue weighted by Gasteiger charge is 2.39. The Morgan fingerprint density at radius 3 is 2.72 bits per heavy atom. The van der Waals surface area contributed by atoms with Crippen LogP contribution in [0.3, 0.4) is 0 Å². The summed E-state index contributed by atoms with van der Waals surface area (Å²) < 4.78 is 0. The maximum atomic E-state index is 12.4. The summed E-state index contributed by atoms with van der Waals surface area (Å²) in [5, 5.41) is 3.06. The van der Waals surface area contributed by atoms with Gasteiger partial charge in [0.15, 0.2) is 0 Å². The lowest BCUT2D eigenvalue weighted by Gasteiger charge is -2.26. The number of rotatable bonds is 4. The molecule has 1 aromatic carbocycles. The molecular weight excluding hydrogens is 224 g/mol. The second kappa shape index (κ2) is 5.53. The predicted octanol–water partition coefficient (Wildman–Crippen LogP) is 3.05. The van der Waals surface area contributed by atoms with Gasteiger partial charge in [-0.3, -0.25) is 4.79 Å². The lowest BCUT2D eigenvalue weighted by Crippen LogP contribution is -2.33. The number of nitrogens with one attached hydrogen (secondary N) is 1. The van der Waals surface area contributed by atoms with Crippen LogP contribution in [0.4, 0.5) is 5.69 Å². The molecule has 1 aromatic rings. The monoisotopic (exact) mass is 246 g/mol. The summed E-state index contributed by atoms with van der Waals surface area (Å²) in [4.78, 5) is 12.4. The first-order valence-corrected chi connectivity index (χ1v) is 6.81. The van der Waals surface area contributed by atoms with Crippen molar-refractivity contribution < 1.29 is 4.79 Å². The number of hydrogen-bond donors (Lipinski definition) is 2. The molecule has 2 rings (SSSR count). The fourth-order valence-electron chi connectivity index (χ4n) is 2.83. The zero-order valence-corrected chi connectivity index (χ0v) is 11.0. The van der Waals surface area contributed by atoms with E-state index < -0.39 is 0 Å². The van der Waals surface area contributed by atoms with Crippen LogP contribution in [0.15, 0.2) is 24.3 Å². The SMILES string of the molecule is CCC1(C(=O)Nc2cccc(CN)c2)CCCC1. The summed E-state index contributed by atoms with van der Waals surface area (Å²) in [6.07, 6.45) is 5.31. The standard InChI is InChI=1S/C15H22N2O/c1-2-15(8-3-4-9-15)14(18)17-13-7-5-6-12(10-13)11-16/h5-7,10H,2-4,8-9,11,16H2,1H3,(H,17,18). The first-order valence-electron chi connectivity index (χ1n) is 6.81. The molecule has 0 spiro atoms. The Balaban J connectivity index is 2.10. The van der Waals surface area contributed by atoms with E-state index in [1.54, 1.807) is 0 Å². The molecule has 3 nitrogen and oxygen atoms in total. The van der Waals surface area contributed by atoms with E-state index in [0.29, 0.717) is 6.54 Å². The van der Waals surface area contributed by atoms with Crippen molar-refractivity contribution in [3.8, 4) is 0 Å². The lowest BCUT2D eigenvalue weighted by molar-refractivity contribution is -0.125. The van der Waals surface area contributed by atoms with Gasteiger partial charge in [-0.25, -0.2) is 0 Å². The molecule has 1 amide bonds. The quantitative estimate of drug-likeness (QED) is 0.858. The molecule has 18 heavy (non-hydrogen) atoms. The molecule has 1 aliphatic carbocycles. The van der Waals surface area contributed by atoms with Gasteiger partial charge in [-0.2, -0.15) is 0 Å². The second-order valence-electron chi connectivity index (χ2n) is 5.20. The lowest BCUT2D eigenvalue weighted by atomic mass is 9.82. The largest absolute Gasteiger partial charge is 0.326 e. The summed E-state index contributed by atoms with van der Waals surface area (Å²) in [7, 11) is 0. The fourth-order valence-corrected chi connectivity index (χ4v) is 2.83. The van der Waals surface area contributed by atoms with Gasteiger partial charge >= 0.3 is 0 Å². The van der Waals surface area contributed by atoms with Gasteiger partial charge in [0.2, 0.25) is 5.91 Å². The van der Waals surface area contributed by atoms with Crippen LogP contribution < -0.4 is 11.1 Å². The van der Waals surface area contributed by atoms with Crippen molar-refractivity contribution in [3.63, 3.8) is 0 Å². The van der Waals surface area contributed by atoms with Gasteiger partial charge in [0, 0.05) is 17.6 Å². The highest BCUT2D eigenvalue weighted by molar-refractivity contribution is 5.95. The minimum atomic E-state index is -0.140. The molecule has 1 saturated carbocycles. The molecule has 0 unspecified atom stereocenters. The van der Waals surface area contributed by atoms with E-state index in [-0.39, 0.29) is 11.3 Å². The first-order chi connectivity index (χ1) is 8.70. The smallest absolute Gasteiger partial charge is 0.230 e. The maximum Gasteiger partial charge on any atom is 0.230 e. The van der Waals surface area contributed by atoms with E-state index in [4.69, 9.17) is 5.73 Å². The molecule has 0 bridgehead atoms. The number of carbonyl (C=O) groups is 1. The third-order valence-electron chi connectivity index (χ3n) is 4.14. The minimum Gasteiger partial charge on any atom is -0.326 e. The van der Waals surface area contributed by atoms with Gasteiger partial charge in [0.25, 0.3) is 0 Å². The van der Waals surface area contributed by atoms with Crippen LogP contribution in [-0.2, 0) is 11.3 Å². The van der Waals surface area contributed by atoms with E-state index in [1.807, 2.05) is 24.3 Å². The third kappa shape index (κ3) is 2.56. The molecule has 0 saturated heterocycles. The summed E-state index contributed by atoms with van der Waals surface area (Å²) in [6.45, 7) is 2.61. The highest BCUT2D eigenvalue weighted by atomic mass is 16.2. The van der Waals surface area contributed by atoms with Crippen LogP contribution in [0.1, 0.15) is 44.6 Å². The van der Waals surface area contributed by atoms with Crippen molar-refractivity contribution in [1.82, 2.24) is 0 Å². The average molecular weight is 246 g/mol. The summed E-state index contributed by atoms with van der Waals surface area (Å²) in [5.74, 6) is 0.177. The van der Waals surface area contributed by atoms with Crippen LogP contribution in [0.2, 0.25) is 0 Å². The Morgan fingerprint density at radius 2 is 2.11 bits per heavy atom. The Morgan fingerprint density at radius 1 is 1.39 bits per heavy atom. The first kappa shape index (κ1) is 13.1. The van der Waals surface area contributed by atoms with E-state index >= 15 is 0 Å². The van der Waals surface area contributed by atoms with E-state index in [2.05, 4.69) is 12.2 Å².